The quantitative estimate of drug-likeness (QED) is 0.516. The van der Waals surface area contributed by atoms with Crippen molar-refractivity contribution in [2.75, 3.05) is 31.1 Å². The Balaban J connectivity index is 1.27. The minimum Gasteiger partial charge on any atom is -0.451 e. The van der Waals surface area contributed by atoms with Crippen molar-refractivity contribution in [3.63, 3.8) is 0 Å². The molecule has 0 radical (unpaired) electrons. The van der Waals surface area contributed by atoms with Gasteiger partial charge in [-0.3, -0.25) is 9.69 Å². The van der Waals surface area contributed by atoms with Gasteiger partial charge in [-0.25, -0.2) is 0 Å². The van der Waals surface area contributed by atoms with Crippen molar-refractivity contribution >= 4 is 22.6 Å². The number of hydrogen-bond acceptors (Lipinski definition) is 4. The molecule has 0 spiro atoms. The molecule has 164 valence electrons. The number of para-hydroxylation sites is 1. The highest BCUT2D eigenvalue weighted by atomic mass is 16.3. The molecule has 0 bridgehead atoms. The number of aryl methyl sites for hydroxylation is 1. The van der Waals surface area contributed by atoms with Crippen LogP contribution in [0.3, 0.4) is 0 Å². The van der Waals surface area contributed by atoms with Crippen molar-refractivity contribution in [3.8, 4) is 5.69 Å². The second-order valence-corrected chi connectivity index (χ2v) is 8.53. The second kappa shape index (κ2) is 8.20. The smallest absolute Gasteiger partial charge is 0.284 e. The van der Waals surface area contributed by atoms with E-state index < -0.39 is 5.91 Å². The zero-order valence-corrected chi connectivity index (χ0v) is 18.5. The highest BCUT2D eigenvalue weighted by molar-refractivity contribution is 5.95. The number of amides is 1. The highest BCUT2D eigenvalue weighted by Crippen LogP contribution is 2.27. The molecule has 1 fully saturated rings. The fraction of sp³-hybridized carbons (Fsp3) is 0.269. The Hall–Kier alpha value is -3.51. The van der Waals surface area contributed by atoms with Crippen LogP contribution in [0, 0.1) is 13.8 Å². The molecule has 2 aromatic carbocycles. The van der Waals surface area contributed by atoms with Gasteiger partial charge in [-0.1, -0.05) is 18.2 Å². The third kappa shape index (κ3) is 3.78. The average Bonchev–Trinajstić information content (AvgIpc) is 3.35. The Kier molecular flexibility index (Phi) is 5.23. The van der Waals surface area contributed by atoms with Gasteiger partial charge in [0.25, 0.3) is 5.91 Å². The van der Waals surface area contributed by atoms with Crippen LogP contribution in [0.2, 0.25) is 0 Å². The van der Waals surface area contributed by atoms with Crippen LogP contribution in [0.25, 0.3) is 16.7 Å². The van der Waals surface area contributed by atoms with E-state index in [1.54, 1.807) is 6.07 Å². The number of benzene rings is 2. The average molecular weight is 429 g/mol. The summed E-state index contributed by atoms with van der Waals surface area (Å²) in [6.45, 7) is 9.29. The van der Waals surface area contributed by atoms with E-state index in [0.29, 0.717) is 5.58 Å². The highest BCUT2D eigenvalue weighted by Gasteiger charge is 2.20. The van der Waals surface area contributed by atoms with Crippen LogP contribution in [-0.2, 0) is 6.54 Å². The summed E-state index contributed by atoms with van der Waals surface area (Å²) in [4.78, 5) is 16.3. The fourth-order valence-electron chi connectivity index (χ4n) is 4.72. The van der Waals surface area contributed by atoms with Gasteiger partial charge in [-0.15, -0.1) is 0 Å². The summed E-state index contributed by atoms with van der Waals surface area (Å²) >= 11 is 0. The molecular formula is C26H28N4O2. The lowest BCUT2D eigenvalue weighted by Gasteiger charge is -2.36. The van der Waals surface area contributed by atoms with Crippen molar-refractivity contribution in [1.82, 2.24) is 9.47 Å². The van der Waals surface area contributed by atoms with E-state index in [0.717, 1.165) is 43.8 Å². The van der Waals surface area contributed by atoms with E-state index in [4.69, 9.17) is 10.2 Å². The number of furan rings is 1. The van der Waals surface area contributed by atoms with Gasteiger partial charge in [0.15, 0.2) is 5.76 Å². The Morgan fingerprint density at radius 2 is 1.69 bits per heavy atom. The summed E-state index contributed by atoms with van der Waals surface area (Å²) in [6, 6.07) is 20.6. The van der Waals surface area contributed by atoms with Gasteiger partial charge in [0.2, 0.25) is 0 Å². The number of aromatic nitrogens is 1. The number of rotatable bonds is 5. The SMILES string of the molecule is Cc1cc(CN2CCN(c3ccc4oc(C(N)=O)cc4c3)CC2)c(C)n1-c1ccccc1. The van der Waals surface area contributed by atoms with Gasteiger partial charge in [0.05, 0.1) is 0 Å². The van der Waals surface area contributed by atoms with E-state index in [-0.39, 0.29) is 5.76 Å². The van der Waals surface area contributed by atoms with E-state index in [1.165, 1.54) is 22.6 Å². The van der Waals surface area contributed by atoms with Crippen molar-refractivity contribution in [2.45, 2.75) is 20.4 Å². The maximum atomic E-state index is 11.4. The molecule has 1 saturated heterocycles. The standard InChI is InChI=1S/C26H28N4O2/c1-18-14-21(19(2)30(18)22-6-4-3-5-7-22)17-28-10-12-29(13-11-28)23-8-9-24-20(15-23)16-25(32-24)26(27)31/h3-9,14-16H,10-13,17H2,1-2H3,(H2,27,31). The molecule has 2 aromatic heterocycles. The molecule has 1 aliphatic rings. The number of carbonyl (C=O) groups is 1. The van der Waals surface area contributed by atoms with Gasteiger partial charge in [0, 0.05) is 60.9 Å². The number of nitrogens with zero attached hydrogens (tertiary/aromatic N) is 3. The first-order valence-electron chi connectivity index (χ1n) is 11.0. The molecule has 0 unspecified atom stereocenters. The molecule has 3 heterocycles. The lowest BCUT2D eigenvalue weighted by molar-refractivity contribution is 0.0976. The number of piperazine rings is 1. The molecule has 6 nitrogen and oxygen atoms in total. The first-order valence-corrected chi connectivity index (χ1v) is 11.0. The summed E-state index contributed by atoms with van der Waals surface area (Å²) in [5.74, 6) is -0.335. The van der Waals surface area contributed by atoms with Crippen molar-refractivity contribution in [1.29, 1.82) is 0 Å². The topological polar surface area (TPSA) is 67.6 Å². The van der Waals surface area contributed by atoms with E-state index in [9.17, 15) is 4.79 Å². The number of primary amides is 1. The van der Waals surface area contributed by atoms with Gasteiger partial charge in [0.1, 0.15) is 5.58 Å². The van der Waals surface area contributed by atoms with Crippen LogP contribution in [0.5, 0.6) is 0 Å². The molecule has 0 atom stereocenters. The largest absolute Gasteiger partial charge is 0.451 e. The normalized spacial score (nSPS) is 14.9. The van der Waals surface area contributed by atoms with Crippen LogP contribution in [0.1, 0.15) is 27.5 Å². The summed E-state index contributed by atoms with van der Waals surface area (Å²) in [5.41, 5.74) is 12.4. The number of hydrogen-bond donors (Lipinski definition) is 1. The lowest BCUT2D eigenvalue weighted by atomic mass is 10.1. The summed E-state index contributed by atoms with van der Waals surface area (Å²) < 4.78 is 7.85. The Morgan fingerprint density at radius 3 is 2.41 bits per heavy atom. The predicted molar refractivity (Wildman–Crippen MR) is 127 cm³/mol. The van der Waals surface area contributed by atoms with Crippen LogP contribution in [0.15, 0.2) is 65.1 Å². The molecule has 32 heavy (non-hydrogen) atoms. The molecular weight excluding hydrogens is 400 g/mol. The molecule has 1 amide bonds. The Labute approximate surface area is 187 Å². The van der Waals surface area contributed by atoms with Crippen LogP contribution in [0.4, 0.5) is 5.69 Å². The Bertz CT molecular complexity index is 1260. The zero-order valence-electron chi connectivity index (χ0n) is 18.5. The first-order chi connectivity index (χ1) is 15.5. The molecule has 1 aliphatic heterocycles. The third-order valence-corrected chi connectivity index (χ3v) is 6.42. The zero-order chi connectivity index (χ0) is 22.2. The second-order valence-electron chi connectivity index (χ2n) is 8.53. The Morgan fingerprint density at radius 1 is 0.938 bits per heavy atom. The van der Waals surface area contributed by atoms with Crippen LogP contribution < -0.4 is 10.6 Å². The predicted octanol–water partition coefficient (Wildman–Crippen LogP) is 4.26. The van der Waals surface area contributed by atoms with E-state index in [2.05, 4.69) is 76.7 Å². The molecule has 0 aliphatic carbocycles. The molecule has 0 saturated carbocycles. The number of carbonyl (C=O) groups excluding carboxylic acids is 1. The summed E-state index contributed by atoms with van der Waals surface area (Å²) in [7, 11) is 0. The third-order valence-electron chi connectivity index (χ3n) is 6.42. The summed E-state index contributed by atoms with van der Waals surface area (Å²) in [5, 5.41) is 0.909. The monoisotopic (exact) mass is 428 g/mol. The minimum absolute atomic E-state index is 0.204. The maximum absolute atomic E-state index is 11.4. The molecule has 5 rings (SSSR count). The van der Waals surface area contributed by atoms with Gasteiger partial charge < -0.3 is 19.6 Å². The fourth-order valence-corrected chi connectivity index (χ4v) is 4.72. The van der Waals surface area contributed by atoms with Gasteiger partial charge in [-0.2, -0.15) is 0 Å². The van der Waals surface area contributed by atoms with Crippen LogP contribution >= 0.6 is 0 Å². The molecule has 4 aromatic rings. The number of fused-ring (bicyclic) bond motifs is 1. The molecule has 2 N–H and O–H groups in total. The van der Waals surface area contributed by atoms with Crippen molar-refractivity contribution < 1.29 is 9.21 Å². The van der Waals surface area contributed by atoms with E-state index >= 15 is 0 Å². The van der Waals surface area contributed by atoms with E-state index in [1.807, 2.05) is 6.07 Å². The molecule has 6 heteroatoms. The van der Waals surface area contributed by atoms with Crippen molar-refractivity contribution in [2.24, 2.45) is 5.73 Å². The van der Waals surface area contributed by atoms with Crippen molar-refractivity contribution in [3.05, 3.63) is 83.4 Å². The van der Waals surface area contributed by atoms with Gasteiger partial charge in [-0.05, 0) is 61.9 Å². The number of nitrogens with two attached hydrogens (primary N) is 1. The first kappa shape index (κ1) is 20.4. The minimum atomic E-state index is -0.539. The van der Waals surface area contributed by atoms with Crippen LogP contribution in [-0.4, -0.2) is 41.6 Å². The van der Waals surface area contributed by atoms with Gasteiger partial charge >= 0.3 is 0 Å². The lowest BCUT2D eigenvalue weighted by Crippen LogP contribution is -2.46. The maximum Gasteiger partial charge on any atom is 0.284 e. The summed E-state index contributed by atoms with van der Waals surface area (Å²) in [6.07, 6.45) is 0. The number of anilines is 1.